The molecule has 0 unspecified atom stereocenters. The number of anilines is 3. The highest BCUT2D eigenvalue weighted by molar-refractivity contribution is 6.33. The molecule has 2 amide bonds. The summed E-state index contributed by atoms with van der Waals surface area (Å²) in [6, 6.07) is 8.09. The van der Waals surface area contributed by atoms with Crippen LogP contribution in [0.4, 0.5) is 21.5 Å². The minimum atomic E-state index is -0.655. The highest BCUT2D eigenvalue weighted by atomic mass is 35.5. The van der Waals surface area contributed by atoms with Crippen LogP contribution in [0.3, 0.4) is 0 Å². The number of ether oxygens (including phenoxy) is 1. The second-order valence-electron chi connectivity index (χ2n) is 5.58. The SMILES string of the molecule is COc1ccc(NC(C)=O)cc1N[C@@H](C)C(=O)Nc1ccc(F)cc1Cl. The molecule has 0 aromatic heterocycles. The molecule has 0 radical (unpaired) electrons. The van der Waals surface area contributed by atoms with Crippen LogP contribution in [0.1, 0.15) is 13.8 Å². The van der Waals surface area contributed by atoms with Gasteiger partial charge in [0.05, 0.1) is 23.5 Å². The van der Waals surface area contributed by atoms with Gasteiger partial charge >= 0.3 is 0 Å². The molecule has 6 nitrogen and oxygen atoms in total. The molecule has 2 aromatic carbocycles. The number of carbonyl (C=O) groups excluding carboxylic acids is 2. The van der Waals surface area contributed by atoms with E-state index in [0.717, 1.165) is 6.07 Å². The minimum absolute atomic E-state index is 0.107. The number of nitrogens with one attached hydrogen (secondary N) is 3. The highest BCUT2D eigenvalue weighted by Gasteiger charge is 2.17. The van der Waals surface area contributed by atoms with E-state index in [2.05, 4.69) is 16.0 Å². The number of carbonyl (C=O) groups is 2. The van der Waals surface area contributed by atoms with Gasteiger partial charge in [0.1, 0.15) is 17.6 Å². The van der Waals surface area contributed by atoms with Crippen LogP contribution in [0.15, 0.2) is 36.4 Å². The van der Waals surface area contributed by atoms with E-state index in [4.69, 9.17) is 16.3 Å². The maximum atomic E-state index is 13.1. The zero-order chi connectivity index (χ0) is 19.3. The van der Waals surface area contributed by atoms with Gasteiger partial charge in [0.15, 0.2) is 0 Å². The first-order valence-electron chi connectivity index (χ1n) is 7.78. The van der Waals surface area contributed by atoms with Crippen molar-refractivity contribution in [1.82, 2.24) is 0 Å². The van der Waals surface area contributed by atoms with Crippen LogP contribution >= 0.6 is 11.6 Å². The molecule has 0 aliphatic carbocycles. The standard InChI is InChI=1S/C18H19ClFN3O3/c1-10(18(25)23-15-6-4-12(20)8-14(15)19)21-16-9-13(22-11(2)24)5-7-17(16)26-3/h4-10,21H,1-3H3,(H,22,24)(H,23,25)/t10-/m0/s1. The Hall–Kier alpha value is -2.80. The number of rotatable bonds is 6. The van der Waals surface area contributed by atoms with Crippen LogP contribution in [0, 0.1) is 5.82 Å². The Kier molecular flexibility index (Phi) is 6.41. The van der Waals surface area contributed by atoms with Gasteiger partial charge in [-0.15, -0.1) is 0 Å². The number of hydrogen-bond donors (Lipinski definition) is 3. The van der Waals surface area contributed by atoms with Gasteiger partial charge in [-0.2, -0.15) is 0 Å². The Balaban J connectivity index is 2.13. The molecule has 0 saturated carbocycles. The van der Waals surface area contributed by atoms with Crippen LogP contribution in [0.2, 0.25) is 5.02 Å². The topological polar surface area (TPSA) is 79.5 Å². The monoisotopic (exact) mass is 379 g/mol. The van der Waals surface area contributed by atoms with E-state index in [1.54, 1.807) is 25.1 Å². The van der Waals surface area contributed by atoms with Gasteiger partial charge in [0, 0.05) is 12.6 Å². The molecule has 0 saturated heterocycles. The molecule has 8 heteroatoms. The third kappa shape index (κ3) is 5.10. The Bertz CT molecular complexity index is 829. The summed E-state index contributed by atoms with van der Waals surface area (Å²) >= 11 is 5.92. The van der Waals surface area contributed by atoms with E-state index < -0.39 is 11.9 Å². The molecule has 138 valence electrons. The van der Waals surface area contributed by atoms with Crippen molar-refractivity contribution in [3.8, 4) is 5.75 Å². The summed E-state index contributed by atoms with van der Waals surface area (Å²) < 4.78 is 18.4. The van der Waals surface area contributed by atoms with Crippen molar-refractivity contribution < 1.29 is 18.7 Å². The van der Waals surface area contributed by atoms with E-state index in [1.807, 2.05) is 0 Å². The van der Waals surface area contributed by atoms with Crippen LogP contribution in [0.5, 0.6) is 5.75 Å². The Labute approximate surface area is 155 Å². The maximum absolute atomic E-state index is 13.1. The second-order valence-corrected chi connectivity index (χ2v) is 5.98. The predicted octanol–water partition coefficient (Wildman–Crippen LogP) is 3.89. The summed E-state index contributed by atoms with van der Waals surface area (Å²) in [5, 5.41) is 8.42. The van der Waals surface area contributed by atoms with Gasteiger partial charge in [0.25, 0.3) is 0 Å². The van der Waals surface area contributed by atoms with E-state index in [1.165, 1.54) is 26.2 Å². The zero-order valence-corrected chi connectivity index (χ0v) is 15.3. The van der Waals surface area contributed by atoms with Crippen LogP contribution in [-0.2, 0) is 9.59 Å². The normalized spacial score (nSPS) is 11.4. The van der Waals surface area contributed by atoms with Gasteiger partial charge < -0.3 is 20.7 Å². The first-order chi connectivity index (χ1) is 12.3. The second kappa shape index (κ2) is 8.53. The molecule has 1 atom stereocenters. The minimum Gasteiger partial charge on any atom is -0.495 e. The van der Waals surface area contributed by atoms with Crippen molar-refractivity contribution in [3.63, 3.8) is 0 Å². The maximum Gasteiger partial charge on any atom is 0.246 e. The lowest BCUT2D eigenvalue weighted by Crippen LogP contribution is -2.32. The molecule has 26 heavy (non-hydrogen) atoms. The zero-order valence-electron chi connectivity index (χ0n) is 14.5. The largest absolute Gasteiger partial charge is 0.495 e. The number of halogens is 2. The molecule has 3 N–H and O–H groups in total. The summed E-state index contributed by atoms with van der Waals surface area (Å²) in [6.07, 6.45) is 0. The average molecular weight is 380 g/mol. The summed E-state index contributed by atoms with van der Waals surface area (Å²) in [5.74, 6) is -0.555. The highest BCUT2D eigenvalue weighted by Crippen LogP contribution is 2.29. The van der Waals surface area contributed by atoms with Crippen molar-refractivity contribution in [2.24, 2.45) is 0 Å². The molecule has 0 aliphatic heterocycles. The fourth-order valence-electron chi connectivity index (χ4n) is 2.23. The predicted molar refractivity (Wildman–Crippen MR) is 100 cm³/mol. The quantitative estimate of drug-likeness (QED) is 0.711. The first kappa shape index (κ1) is 19.5. The smallest absolute Gasteiger partial charge is 0.246 e. The van der Waals surface area contributed by atoms with E-state index >= 15 is 0 Å². The first-order valence-corrected chi connectivity index (χ1v) is 8.16. The lowest BCUT2D eigenvalue weighted by Gasteiger charge is -2.18. The molecule has 0 spiro atoms. The van der Waals surface area contributed by atoms with E-state index in [9.17, 15) is 14.0 Å². The number of benzene rings is 2. The summed E-state index contributed by atoms with van der Waals surface area (Å²) in [7, 11) is 1.50. The summed E-state index contributed by atoms with van der Waals surface area (Å²) in [5.41, 5.74) is 1.41. The number of methoxy groups -OCH3 is 1. The molecular formula is C18H19ClFN3O3. The molecular weight excluding hydrogens is 361 g/mol. The fraction of sp³-hybridized carbons (Fsp3) is 0.222. The van der Waals surface area contributed by atoms with Gasteiger partial charge in [-0.25, -0.2) is 4.39 Å². The molecule has 0 aliphatic rings. The molecule has 0 heterocycles. The van der Waals surface area contributed by atoms with Crippen LogP contribution in [-0.4, -0.2) is 25.0 Å². The van der Waals surface area contributed by atoms with Gasteiger partial charge in [-0.1, -0.05) is 11.6 Å². The molecule has 0 fully saturated rings. The lowest BCUT2D eigenvalue weighted by atomic mass is 10.2. The van der Waals surface area contributed by atoms with Gasteiger partial charge in [-0.3, -0.25) is 9.59 Å². The van der Waals surface area contributed by atoms with Crippen LogP contribution < -0.4 is 20.7 Å². The van der Waals surface area contributed by atoms with Crippen LogP contribution in [0.25, 0.3) is 0 Å². The third-order valence-corrected chi connectivity index (χ3v) is 3.79. The Morgan fingerprint density at radius 1 is 1.12 bits per heavy atom. The van der Waals surface area contributed by atoms with Crippen molar-refractivity contribution in [3.05, 3.63) is 47.2 Å². The molecule has 2 rings (SSSR count). The van der Waals surface area contributed by atoms with E-state index in [0.29, 0.717) is 22.8 Å². The summed E-state index contributed by atoms with van der Waals surface area (Å²) in [6.45, 7) is 3.05. The van der Waals surface area contributed by atoms with Crippen molar-refractivity contribution in [1.29, 1.82) is 0 Å². The summed E-state index contributed by atoms with van der Waals surface area (Å²) in [4.78, 5) is 23.6. The Morgan fingerprint density at radius 3 is 2.46 bits per heavy atom. The van der Waals surface area contributed by atoms with Crippen molar-refractivity contribution >= 4 is 40.5 Å². The van der Waals surface area contributed by atoms with Gasteiger partial charge in [-0.05, 0) is 43.3 Å². The average Bonchev–Trinajstić information content (AvgIpc) is 2.57. The van der Waals surface area contributed by atoms with Crippen molar-refractivity contribution in [2.45, 2.75) is 19.9 Å². The number of hydrogen-bond acceptors (Lipinski definition) is 4. The van der Waals surface area contributed by atoms with Crippen molar-refractivity contribution in [2.75, 3.05) is 23.1 Å². The van der Waals surface area contributed by atoms with Gasteiger partial charge in [0.2, 0.25) is 11.8 Å². The Morgan fingerprint density at radius 2 is 1.85 bits per heavy atom. The lowest BCUT2D eigenvalue weighted by molar-refractivity contribution is -0.116. The van der Waals surface area contributed by atoms with E-state index in [-0.39, 0.29) is 16.8 Å². The molecule has 2 aromatic rings. The third-order valence-electron chi connectivity index (χ3n) is 3.47. The molecule has 0 bridgehead atoms. The number of amides is 2. The fourth-order valence-corrected chi connectivity index (χ4v) is 2.45.